The van der Waals surface area contributed by atoms with Crippen molar-refractivity contribution in [2.75, 3.05) is 0 Å². The standard InChI is InChI=1S/C10H16F2O3/c1-8(2,7(13)14)9(15)3-5-10(11,12)6-4-9/h15H,3-6H2,1-2H3,(H,13,14). The number of carboxylic acids is 1. The first-order chi connectivity index (χ1) is 6.61. The summed E-state index contributed by atoms with van der Waals surface area (Å²) in [4.78, 5) is 10.9. The van der Waals surface area contributed by atoms with Gasteiger partial charge in [0, 0.05) is 12.8 Å². The zero-order valence-corrected chi connectivity index (χ0v) is 8.89. The first-order valence-corrected chi connectivity index (χ1v) is 4.94. The molecule has 0 unspecified atom stereocenters. The van der Waals surface area contributed by atoms with Crippen molar-refractivity contribution < 1.29 is 23.8 Å². The van der Waals surface area contributed by atoms with Crippen LogP contribution in [0.2, 0.25) is 0 Å². The summed E-state index contributed by atoms with van der Waals surface area (Å²) in [5.74, 6) is -3.92. The molecule has 1 aliphatic rings. The zero-order valence-electron chi connectivity index (χ0n) is 8.89. The average Bonchev–Trinajstić information content (AvgIpc) is 2.10. The maximum atomic E-state index is 12.9. The van der Waals surface area contributed by atoms with Crippen molar-refractivity contribution in [1.29, 1.82) is 0 Å². The molecule has 1 saturated carbocycles. The molecule has 0 aromatic carbocycles. The predicted octanol–water partition coefficient (Wildman–Crippen LogP) is 2.04. The number of carbonyl (C=O) groups is 1. The van der Waals surface area contributed by atoms with Gasteiger partial charge in [0.05, 0.1) is 11.0 Å². The lowest BCUT2D eigenvalue weighted by Crippen LogP contribution is -2.53. The van der Waals surface area contributed by atoms with Crippen LogP contribution in [0, 0.1) is 5.41 Å². The summed E-state index contributed by atoms with van der Waals surface area (Å²) >= 11 is 0. The van der Waals surface area contributed by atoms with Gasteiger partial charge in [0.25, 0.3) is 0 Å². The van der Waals surface area contributed by atoms with E-state index in [1.165, 1.54) is 13.8 Å². The molecule has 0 atom stereocenters. The Bertz CT molecular complexity index is 264. The minimum atomic E-state index is -2.76. The van der Waals surface area contributed by atoms with E-state index in [-0.39, 0.29) is 12.8 Å². The molecule has 2 N–H and O–H groups in total. The van der Waals surface area contributed by atoms with Crippen molar-refractivity contribution in [2.45, 2.75) is 51.1 Å². The van der Waals surface area contributed by atoms with Crippen LogP contribution in [-0.4, -0.2) is 27.7 Å². The number of hydrogen-bond acceptors (Lipinski definition) is 2. The second-order valence-electron chi connectivity index (χ2n) is 4.82. The number of aliphatic hydroxyl groups is 1. The molecule has 15 heavy (non-hydrogen) atoms. The molecule has 0 radical (unpaired) electrons. The van der Waals surface area contributed by atoms with Crippen LogP contribution in [0.1, 0.15) is 39.5 Å². The van der Waals surface area contributed by atoms with Crippen molar-refractivity contribution in [3.63, 3.8) is 0 Å². The van der Waals surface area contributed by atoms with E-state index in [4.69, 9.17) is 5.11 Å². The Kier molecular flexibility index (Phi) is 2.80. The lowest BCUT2D eigenvalue weighted by atomic mass is 9.66. The molecule has 0 spiro atoms. The fourth-order valence-corrected chi connectivity index (χ4v) is 1.85. The third-order valence-electron chi connectivity index (χ3n) is 3.51. The maximum absolute atomic E-state index is 12.9. The number of alkyl halides is 2. The molecule has 3 nitrogen and oxygen atoms in total. The summed E-state index contributed by atoms with van der Waals surface area (Å²) < 4.78 is 25.8. The average molecular weight is 222 g/mol. The summed E-state index contributed by atoms with van der Waals surface area (Å²) in [7, 11) is 0. The SMILES string of the molecule is CC(C)(C(=O)O)C1(O)CCC(F)(F)CC1. The molecular formula is C10H16F2O3. The Morgan fingerprint density at radius 1 is 1.20 bits per heavy atom. The Morgan fingerprint density at radius 3 is 1.93 bits per heavy atom. The van der Waals surface area contributed by atoms with Crippen molar-refractivity contribution >= 4 is 5.97 Å². The van der Waals surface area contributed by atoms with Gasteiger partial charge in [-0.2, -0.15) is 0 Å². The molecular weight excluding hydrogens is 206 g/mol. The van der Waals surface area contributed by atoms with Crippen molar-refractivity contribution in [3.05, 3.63) is 0 Å². The Balaban J connectivity index is 2.83. The number of halogens is 2. The summed E-state index contributed by atoms with van der Waals surface area (Å²) in [6, 6.07) is 0. The van der Waals surface area contributed by atoms with E-state index < -0.39 is 35.7 Å². The van der Waals surface area contributed by atoms with E-state index in [0.717, 1.165) is 0 Å². The van der Waals surface area contributed by atoms with Crippen LogP contribution in [0.3, 0.4) is 0 Å². The third kappa shape index (κ3) is 2.12. The molecule has 5 heteroatoms. The van der Waals surface area contributed by atoms with E-state index >= 15 is 0 Å². The molecule has 0 saturated heterocycles. The molecule has 1 rings (SSSR count). The summed E-state index contributed by atoms with van der Waals surface area (Å²) in [5, 5.41) is 19.0. The van der Waals surface area contributed by atoms with E-state index in [1.54, 1.807) is 0 Å². The highest BCUT2D eigenvalue weighted by molar-refractivity contribution is 5.75. The highest BCUT2D eigenvalue weighted by Gasteiger charge is 2.53. The van der Waals surface area contributed by atoms with Gasteiger partial charge >= 0.3 is 5.97 Å². The first-order valence-electron chi connectivity index (χ1n) is 4.94. The molecule has 0 aromatic rings. The van der Waals surface area contributed by atoms with Crippen LogP contribution in [0.15, 0.2) is 0 Å². The van der Waals surface area contributed by atoms with E-state index in [0.29, 0.717) is 0 Å². The van der Waals surface area contributed by atoms with Crippen LogP contribution in [0.25, 0.3) is 0 Å². The second kappa shape index (κ2) is 3.40. The van der Waals surface area contributed by atoms with Gasteiger partial charge in [0.15, 0.2) is 0 Å². The number of hydrogen-bond donors (Lipinski definition) is 2. The van der Waals surface area contributed by atoms with Crippen LogP contribution >= 0.6 is 0 Å². The van der Waals surface area contributed by atoms with Crippen molar-refractivity contribution in [2.24, 2.45) is 5.41 Å². The fourth-order valence-electron chi connectivity index (χ4n) is 1.85. The van der Waals surface area contributed by atoms with Crippen molar-refractivity contribution in [1.82, 2.24) is 0 Å². The number of aliphatic carboxylic acids is 1. The number of rotatable bonds is 2. The zero-order chi connectivity index (χ0) is 11.9. The van der Waals surface area contributed by atoms with Crippen molar-refractivity contribution in [3.8, 4) is 0 Å². The Labute approximate surface area is 87.1 Å². The van der Waals surface area contributed by atoms with Gasteiger partial charge in [0.2, 0.25) is 5.92 Å². The normalized spacial score (nSPS) is 24.9. The molecule has 0 aliphatic heterocycles. The van der Waals surface area contributed by atoms with Crippen LogP contribution in [-0.2, 0) is 4.79 Å². The first kappa shape index (κ1) is 12.4. The summed E-state index contributed by atoms with van der Waals surface area (Å²) in [6.07, 6.45) is -1.22. The van der Waals surface area contributed by atoms with Gasteiger partial charge in [-0.1, -0.05) is 0 Å². The Morgan fingerprint density at radius 2 is 1.60 bits per heavy atom. The van der Waals surface area contributed by atoms with Crippen LogP contribution in [0.4, 0.5) is 8.78 Å². The van der Waals surface area contributed by atoms with E-state index in [9.17, 15) is 18.7 Å². The van der Waals surface area contributed by atoms with E-state index in [2.05, 4.69) is 0 Å². The minimum Gasteiger partial charge on any atom is -0.481 e. The fraction of sp³-hybridized carbons (Fsp3) is 0.900. The van der Waals surface area contributed by atoms with Gasteiger partial charge in [-0.3, -0.25) is 4.79 Å². The second-order valence-corrected chi connectivity index (χ2v) is 4.82. The van der Waals surface area contributed by atoms with Gasteiger partial charge in [0.1, 0.15) is 0 Å². The van der Waals surface area contributed by atoms with Gasteiger partial charge in [-0.05, 0) is 26.7 Å². The van der Waals surface area contributed by atoms with E-state index in [1.807, 2.05) is 0 Å². The summed E-state index contributed by atoms with van der Waals surface area (Å²) in [5.41, 5.74) is -2.91. The van der Waals surface area contributed by atoms with Gasteiger partial charge in [-0.15, -0.1) is 0 Å². The molecule has 0 heterocycles. The molecule has 0 amide bonds. The maximum Gasteiger partial charge on any atom is 0.312 e. The largest absolute Gasteiger partial charge is 0.481 e. The van der Waals surface area contributed by atoms with Gasteiger partial charge < -0.3 is 10.2 Å². The topological polar surface area (TPSA) is 57.5 Å². The monoisotopic (exact) mass is 222 g/mol. The van der Waals surface area contributed by atoms with Crippen LogP contribution < -0.4 is 0 Å². The third-order valence-corrected chi connectivity index (χ3v) is 3.51. The Hall–Kier alpha value is -0.710. The smallest absolute Gasteiger partial charge is 0.312 e. The highest BCUT2D eigenvalue weighted by Crippen LogP contribution is 2.46. The molecule has 0 bridgehead atoms. The number of carboxylic acid groups (broad SMARTS) is 1. The van der Waals surface area contributed by atoms with Gasteiger partial charge in [-0.25, -0.2) is 8.78 Å². The molecule has 1 aliphatic carbocycles. The lowest BCUT2D eigenvalue weighted by Gasteiger charge is -2.44. The molecule has 88 valence electrons. The highest BCUT2D eigenvalue weighted by atomic mass is 19.3. The summed E-state index contributed by atoms with van der Waals surface area (Å²) in [6.45, 7) is 2.75. The lowest BCUT2D eigenvalue weighted by molar-refractivity contribution is -0.181. The molecule has 0 aromatic heterocycles. The quantitative estimate of drug-likeness (QED) is 0.751. The molecule has 1 fully saturated rings. The van der Waals surface area contributed by atoms with Crippen LogP contribution in [0.5, 0.6) is 0 Å². The predicted molar refractivity (Wildman–Crippen MR) is 49.8 cm³/mol. The minimum absolute atomic E-state index is 0.167.